The minimum absolute atomic E-state index is 0.0930. The van der Waals surface area contributed by atoms with Crippen molar-refractivity contribution in [2.45, 2.75) is 12.3 Å². The average molecular weight is 361 g/mol. The molecule has 2 aromatic carbocycles. The highest BCUT2D eigenvalue weighted by Crippen LogP contribution is 2.09. The first kappa shape index (κ1) is 18.7. The maximum atomic E-state index is 11.9. The van der Waals surface area contributed by atoms with Gasteiger partial charge in [-0.3, -0.25) is 4.79 Å². The molecule has 0 aliphatic heterocycles. The van der Waals surface area contributed by atoms with Crippen LogP contribution in [0.5, 0.6) is 0 Å². The van der Waals surface area contributed by atoms with E-state index in [4.69, 9.17) is 4.74 Å². The van der Waals surface area contributed by atoms with E-state index in [0.717, 1.165) is 11.8 Å². The number of esters is 1. The van der Waals surface area contributed by atoms with Crippen molar-refractivity contribution in [1.29, 1.82) is 0 Å². The Balaban J connectivity index is 1.80. The first-order valence-electron chi connectivity index (χ1n) is 7.58. The van der Waals surface area contributed by atoms with Crippen LogP contribution in [0.4, 0.5) is 0 Å². The van der Waals surface area contributed by atoms with Gasteiger partial charge in [0, 0.05) is 12.8 Å². The molecule has 0 unspecified atom stereocenters. The second-order valence-electron chi connectivity index (χ2n) is 5.61. The zero-order chi connectivity index (χ0) is 18.3. The fraction of sp³-hybridized carbons (Fsp3) is 0.222. The Bertz CT molecular complexity index is 830. The van der Waals surface area contributed by atoms with Crippen molar-refractivity contribution in [2.75, 3.05) is 12.9 Å². The van der Waals surface area contributed by atoms with Crippen molar-refractivity contribution in [3.8, 4) is 0 Å². The Morgan fingerprint density at radius 2 is 1.60 bits per heavy atom. The topological polar surface area (TPSA) is 89.5 Å². The van der Waals surface area contributed by atoms with E-state index in [2.05, 4.69) is 5.32 Å². The van der Waals surface area contributed by atoms with Crippen LogP contribution >= 0.6 is 0 Å². The Morgan fingerprint density at radius 1 is 0.960 bits per heavy atom. The molecule has 0 aliphatic rings. The third-order valence-electron chi connectivity index (χ3n) is 3.29. The maximum Gasteiger partial charge on any atom is 0.338 e. The molecule has 0 atom stereocenters. The summed E-state index contributed by atoms with van der Waals surface area (Å²) in [7, 11) is -3.13. The van der Waals surface area contributed by atoms with Crippen molar-refractivity contribution in [1.82, 2.24) is 5.32 Å². The molecule has 0 bridgehead atoms. The van der Waals surface area contributed by atoms with Crippen LogP contribution in [-0.4, -0.2) is 33.2 Å². The largest absolute Gasteiger partial charge is 0.452 e. The molecule has 6 nitrogen and oxygen atoms in total. The van der Waals surface area contributed by atoms with Crippen LogP contribution in [0.1, 0.15) is 21.5 Å². The number of carbonyl (C=O) groups is 2. The number of rotatable bonds is 7. The summed E-state index contributed by atoms with van der Waals surface area (Å²) < 4.78 is 27.4. The highest BCUT2D eigenvalue weighted by atomic mass is 32.2. The van der Waals surface area contributed by atoms with Gasteiger partial charge in [0.25, 0.3) is 5.91 Å². The van der Waals surface area contributed by atoms with Gasteiger partial charge >= 0.3 is 5.97 Å². The summed E-state index contributed by atoms with van der Waals surface area (Å²) in [6.07, 6.45) is 1.14. The first-order valence-corrected chi connectivity index (χ1v) is 9.64. The predicted molar refractivity (Wildman–Crippen MR) is 93.6 cm³/mol. The lowest BCUT2D eigenvalue weighted by Crippen LogP contribution is -2.28. The Morgan fingerprint density at radius 3 is 2.20 bits per heavy atom. The summed E-state index contributed by atoms with van der Waals surface area (Å²) in [5, 5.41) is 2.66. The number of sulfone groups is 1. The summed E-state index contributed by atoms with van der Waals surface area (Å²) in [4.78, 5) is 23.6. The lowest BCUT2D eigenvalue weighted by molar-refractivity contribution is -0.124. The molecule has 0 radical (unpaired) electrons. The Hall–Kier alpha value is -2.67. The van der Waals surface area contributed by atoms with Gasteiger partial charge in [0.2, 0.25) is 0 Å². The van der Waals surface area contributed by atoms with Crippen LogP contribution < -0.4 is 5.32 Å². The zero-order valence-electron chi connectivity index (χ0n) is 13.8. The van der Waals surface area contributed by atoms with Crippen LogP contribution in [0, 0.1) is 0 Å². The number of amides is 1. The van der Waals surface area contributed by atoms with E-state index in [1.807, 2.05) is 30.3 Å². The molecule has 0 saturated heterocycles. The smallest absolute Gasteiger partial charge is 0.338 e. The molecule has 1 N–H and O–H groups in total. The van der Waals surface area contributed by atoms with Crippen LogP contribution in [0.3, 0.4) is 0 Å². The summed E-state index contributed by atoms with van der Waals surface area (Å²) in [6, 6.07) is 15.4. The van der Waals surface area contributed by atoms with Crippen molar-refractivity contribution >= 4 is 21.7 Å². The summed E-state index contributed by atoms with van der Waals surface area (Å²) in [5.74, 6) is -1.13. The predicted octanol–water partition coefficient (Wildman–Crippen LogP) is 1.70. The molecule has 25 heavy (non-hydrogen) atoms. The molecule has 1 amide bonds. The molecule has 2 rings (SSSR count). The van der Waals surface area contributed by atoms with Gasteiger partial charge in [-0.05, 0) is 23.3 Å². The van der Waals surface area contributed by atoms with Crippen molar-refractivity contribution in [2.24, 2.45) is 0 Å². The van der Waals surface area contributed by atoms with E-state index in [1.165, 1.54) is 12.1 Å². The molecular formula is C18H19NO5S. The molecule has 0 heterocycles. The molecule has 7 heteroatoms. The van der Waals surface area contributed by atoms with Gasteiger partial charge in [0.1, 0.15) is 0 Å². The van der Waals surface area contributed by atoms with Crippen LogP contribution in [0.2, 0.25) is 0 Å². The number of hydrogen-bond acceptors (Lipinski definition) is 5. The van der Waals surface area contributed by atoms with Crippen LogP contribution in [0.25, 0.3) is 0 Å². The number of ether oxygens (including phenoxy) is 1. The van der Waals surface area contributed by atoms with Crippen molar-refractivity contribution in [3.05, 3.63) is 71.3 Å². The highest BCUT2D eigenvalue weighted by Gasteiger charge is 2.11. The molecule has 0 aromatic heterocycles. The lowest BCUT2D eigenvalue weighted by Gasteiger charge is -2.07. The molecule has 132 valence electrons. The van der Waals surface area contributed by atoms with Gasteiger partial charge in [-0.2, -0.15) is 0 Å². The number of carbonyl (C=O) groups excluding carboxylic acids is 2. The summed E-state index contributed by atoms with van der Waals surface area (Å²) in [5.41, 5.74) is 1.79. The SMILES string of the molecule is CS(=O)(=O)Cc1ccc(C(=O)OCC(=O)NCc2ccccc2)cc1. The minimum atomic E-state index is -3.13. The Kier molecular flexibility index (Phi) is 6.30. The second-order valence-corrected chi connectivity index (χ2v) is 7.75. The molecule has 0 saturated carbocycles. The molecule has 0 aliphatic carbocycles. The van der Waals surface area contributed by atoms with Crippen LogP contribution in [0.15, 0.2) is 54.6 Å². The van der Waals surface area contributed by atoms with E-state index in [1.54, 1.807) is 12.1 Å². The minimum Gasteiger partial charge on any atom is -0.452 e. The van der Waals surface area contributed by atoms with E-state index in [-0.39, 0.29) is 17.9 Å². The monoisotopic (exact) mass is 361 g/mol. The van der Waals surface area contributed by atoms with Crippen molar-refractivity contribution in [3.63, 3.8) is 0 Å². The first-order chi connectivity index (χ1) is 11.8. The average Bonchev–Trinajstić information content (AvgIpc) is 2.58. The third kappa shape index (κ3) is 6.76. The highest BCUT2D eigenvalue weighted by molar-refractivity contribution is 7.89. The standard InChI is InChI=1S/C18H19NO5S/c1-25(22,23)13-15-7-9-16(10-8-15)18(21)24-12-17(20)19-11-14-5-3-2-4-6-14/h2-10H,11-13H2,1H3,(H,19,20). The van der Waals surface area contributed by atoms with Gasteiger partial charge in [-0.1, -0.05) is 42.5 Å². The summed E-state index contributed by atoms with van der Waals surface area (Å²) in [6.45, 7) is -0.0197. The van der Waals surface area contributed by atoms with E-state index in [9.17, 15) is 18.0 Å². The summed E-state index contributed by atoms with van der Waals surface area (Å²) >= 11 is 0. The normalized spacial score (nSPS) is 10.9. The quantitative estimate of drug-likeness (QED) is 0.758. The van der Waals surface area contributed by atoms with E-state index < -0.39 is 21.7 Å². The zero-order valence-corrected chi connectivity index (χ0v) is 14.6. The van der Waals surface area contributed by atoms with Crippen LogP contribution in [-0.2, 0) is 31.7 Å². The maximum absolute atomic E-state index is 11.9. The van der Waals surface area contributed by atoms with Gasteiger partial charge in [-0.25, -0.2) is 13.2 Å². The second kappa shape index (κ2) is 8.43. The Labute approximate surface area is 146 Å². The number of benzene rings is 2. The fourth-order valence-corrected chi connectivity index (χ4v) is 2.90. The van der Waals surface area contributed by atoms with Gasteiger partial charge < -0.3 is 10.1 Å². The van der Waals surface area contributed by atoms with Gasteiger partial charge in [-0.15, -0.1) is 0 Å². The lowest BCUT2D eigenvalue weighted by atomic mass is 10.1. The molecule has 0 fully saturated rings. The van der Waals surface area contributed by atoms with E-state index >= 15 is 0 Å². The van der Waals surface area contributed by atoms with Gasteiger partial charge in [0.15, 0.2) is 16.4 Å². The van der Waals surface area contributed by atoms with Crippen molar-refractivity contribution < 1.29 is 22.7 Å². The van der Waals surface area contributed by atoms with E-state index in [0.29, 0.717) is 12.1 Å². The molecule has 2 aromatic rings. The molecular weight excluding hydrogens is 342 g/mol. The molecule has 0 spiro atoms. The number of nitrogens with one attached hydrogen (secondary N) is 1. The third-order valence-corrected chi connectivity index (χ3v) is 4.14. The fourth-order valence-electron chi connectivity index (χ4n) is 2.10. The number of hydrogen-bond donors (Lipinski definition) is 1. The van der Waals surface area contributed by atoms with Gasteiger partial charge in [0.05, 0.1) is 11.3 Å².